The molecule has 0 aromatic heterocycles. The highest BCUT2D eigenvalue weighted by Crippen LogP contribution is 2.13. The lowest BCUT2D eigenvalue weighted by Crippen LogP contribution is -2.30. The molecule has 0 N–H and O–H groups in total. The van der Waals surface area contributed by atoms with E-state index in [-0.39, 0.29) is 37.5 Å². The normalized spacial score (nSPS) is 12.9. The third-order valence-electron chi connectivity index (χ3n) is 11.7. The molecule has 0 bridgehead atoms. The van der Waals surface area contributed by atoms with Gasteiger partial charge in [0.25, 0.3) is 0 Å². The van der Waals surface area contributed by atoms with E-state index in [9.17, 15) is 14.4 Å². The van der Waals surface area contributed by atoms with Gasteiger partial charge < -0.3 is 14.2 Å². The predicted molar refractivity (Wildman–Crippen MR) is 297 cm³/mol. The van der Waals surface area contributed by atoms with Crippen molar-refractivity contribution in [1.82, 2.24) is 0 Å². The molecule has 0 aliphatic heterocycles. The van der Waals surface area contributed by atoms with Crippen molar-refractivity contribution >= 4 is 17.9 Å². The predicted octanol–water partition coefficient (Wildman–Crippen LogP) is 19.1. The molecule has 0 rings (SSSR count). The maximum atomic E-state index is 12.8. The van der Waals surface area contributed by atoms with Crippen LogP contribution in [0.4, 0.5) is 0 Å². The highest BCUT2D eigenvalue weighted by atomic mass is 16.6. The first-order chi connectivity index (χ1) is 34.0. The molecule has 0 aromatic carbocycles. The Morgan fingerprint density at radius 2 is 0.580 bits per heavy atom. The Bertz CT molecular complexity index is 1420. The Morgan fingerprint density at radius 3 is 0.986 bits per heavy atom. The lowest BCUT2D eigenvalue weighted by atomic mass is 10.1. The van der Waals surface area contributed by atoms with Crippen LogP contribution in [0, 0.1) is 0 Å². The van der Waals surface area contributed by atoms with Crippen LogP contribution in [0.3, 0.4) is 0 Å². The molecule has 0 spiro atoms. The van der Waals surface area contributed by atoms with E-state index in [1.165, 1.54) is 109 Å². The van der Waals surface area contributed by atoms with Gasteiger partial charge >= 0.3 is 17.9 Å². The van der Waals surface area contributed by atoms with Crippen molar-refractivity contribution in [2.45, 2.75) is 258 Å². The summed E-state index contributed by atoms with van der Waals surface area (Å²) in [6.07, 6.45) is 76.5. The minimum absolute atomic E-state index is 0.114. The molecule has 0 unspecified atom stereocenters. The van der Waals surface area contributed by atoms with E-state index in [0.29, 0.717) is 19.3 Å². The van der Waals surface area contributed by atoms with Crippen LogP contribution in [0.15, 0.2) is 109 Å². The first-order valence-corrected chi connectivity index (χ1v) is 28.4. The first-order valence-electron chi connectivity index (χ1n) is 28.4. The molecule has 0 saturated carbocycles. The zero-order valence-electron chi connectivity index (χ0n) is 44.8. The van der Waals surface area contributed by atoms with Crippen molar-refractivity contribution in [2.75, 3.05) is 13.2 Å². The number of ether oxygens (including phenoxy) is 3. The molecular weight excluding hydrogens is 853 g/mol. The molecule has 392 valence electrons. The van der Waals surface area contributed by atoms with Gasteiger partial charge in [-0.2, -0.15) is 0 Å². The van der Waals surface area contributed by atoms with Crippen LogP contribution in [0.1, 0.15) is 252 Å². The summed E-state index contributed by atoms with van der Waals surface area (Å²) in [6, 6.07) is 0. The van der Waals surface area contributed by atoms with Gasteiger partial charge in [0.05, 0.1) is 0 Å². The zero-order valence-corrected chi connectivity index (χ0v) is 44.8. The smallest absolute Gasteiger partial charge is 0.306 e. The fourth-order valence-electron chi connectivity index (χ4n) is 7.48. The molecule has 0 radical (unpaired) electrons. The van der Waals surface area contributed by atoms with Crippen LogP contribution in [0.5, 0.6) is 0 Å². The lowest BCUT2D eigenvalue weighted by Gasteiger charge is -2.18. The summed E-state index contributed by atoms with van der Waals surface area (Å²) in [5, 5.41) is 0. The van der Waals surface area contributed by atoms with Crippen molar-refractivity contribution < 1.29 is 28.6 Å². The van der Waals surface area contributed by atoms with Crippen molar-refractivity contribution in [3.8, 4) is 0 Å². The average Bonchev–Trinajstić information content (AvgIpc) is 3.35. The summed E-state index contributed by atoms with van der Waals surface area (Å²) in [6.45, 7) is 6.43. The number of hydrogen-bond donors (Lipinski definition) is 0. The van der Waals surface area contributed by atoms with Crippen LogP contribution in [0.25, 0.3) is 0 Å². The van der Waals surface area contributed by atoms with Gasteiger partial charge in [0.15, 0.2) is 6.10 Å². The summed E-state index contributed by atoms with van der Waals surface area (Å²) >= 11 is 0. The van der Waals surface area contributed by atoms with E-state index in [0.717, 1.165) is 96.3 Å². The van der Waals surface area contributed by atoms with Crippen molar-refractivity contribution in [3.63, 3.8) is 0 Å². The van der Waals surface area contributed by atoms with Gasteiger partial charge in [-0.3, -0.25) is 14.4 Å². The molecule has 0 saturated heterocycles. The molecule has 1 atom stereocenters. The van der Waals surface area contributed by atoms with Crippen LogP contribution in [0.2, 0.25) is 0 Å². The number of hydrogen-bond acceptors (Lipinski definition) is 6. The number of carbonyl (C=O) groups excluding carboxylic acids is 3. The molecule has 0 aliphatic rings. The van der Waals surface area contributed by atoms with Crippen LogP contribution >= 0.6 is 0 Å². The van der Waals surface area contributed by atoms with Gasteiger partial charge in [-0.25, -0.2) is 0 Å². The highest BCUT2D eigenvalue weighted by molar-refractivity contribution is 5.71. The van der Waals surface area contributed by atoms with E-state index in [4.69, 9.17) is 14.2 Å². The minimum atomic E-state index is -0.816. The topological polar surface area (TPSA) is 78.9 Å². The lowest BCUT2D eigenvalue weighted by molar-refractivity contribution is -0.167. The van der Waals surface area contributed by atoms with E-state index < -0.39 is 6.10 Å². The molecule has 6 heteroatoms. The van der Waals surface area contributed by atoms with Crippen molar-refractivity contribution in [1.29, 1.82) is 0 Å². The number of allylic oxidation sites excluding steroid dienone is 18. The van der Waals surface area contributed by atoms with Gasteiger partial charge in [0, 0.05) is 19.3 Å². The SMILES string of the molecule is CC/C=C\C/C=C\C/C=C\C/C=C\C/C=C\CCCCCC(=O)OC[C@H](COC(=O)CCC/C=C\C/C=C\C/C=C\CCCCCCCC)OC(=O)CCCCCCCCC/C=C\CCCCCC. The number of esters is 3. The summed E-state index contributed by atoms with van der Waals surface area (Å²) in [5.74, 6) is -1.00. The highest BCUT2D eigenvalue weighted by Gasteiger charge is 2.19. The van der Waals surface area contributed by atoms with E-state index in [2.05, 4.69) is 130 Å². The summed E-state index contributed by atoms with van der Waals surface area (Å²) < 4.78 is 16.8. The molecule has 69 heavy (non-hydrogen) atoms. The Kier molecular flexibility index (Phi) is 53.4. The van der Waals surface area contributed by atoms with Crippen LogP contribution in [-0.4, -0.2) is 37.2 Å². The van der Waals surface area contributed by atoms with E-state index in [1.54, 1.807) is 0 Å². The first kappa shape index (κ1) is 65.1. The second-order valence-electron chi connectivity index (χ2n) is 18.5. The Labute approximate surface area is 425 Å². The summed E-state index contributed by atoms with van der Waals surface area (Å²) in [4.78, 5) is 38.1. The molecule has 0 fully saturated rings. The molecule has 0 aliphatic carbocycles. The van der Waals surface area contributed by atoms with Crippen molar-refractivity contribution in [2.24, 2.45) is 0 Å². The van der Waals surface area contributed by atoms with Gasteiger partial charge in [-0.15, -0.1) is 0 Å². The quantitative estimate of drug-likeness (QED) is 0.0262. The van der Waals surface area contributed by atoms with Gasteiger partial charge in [-0.1, -0.05) is 220 Å². The van der Waals surface area contributed by atoms with Gasteiger partial charge in [0.1, 0.15) is 13.2 Å². The van der Waals surface area contributed by atoms with Gasteiger partial charge in [-0.05, 0) is 122 Å². The molecule has 0 aromatic rings. The number of carbonyl (C=O) groups is 3. The zero-order chi connectivity index (χ0) is 50.0. The Morgan fingerprint density at radius 1 is 0.304 bits per heavy atom. The maximum absolute atomic E-state index is 12.8. The average molecular weight is 958 g/mol. The second-order valence-corrected chi connectivity index (χ2v) is 18.5. The number of rotatable bonds is 50. The largest absolute Gasteiger partial charge is 0.462 e. The molecule has 0 amide bonds. The second kappa shape index (κ2) is 56.7. The fraction of sp³-hybridized carbons (Fsp3) is 0.667. The third kappa shape index (κ3) is 54.9. The fourth-order valence-corrected chi connectivity index (χ4v) is 7.48. The molecular formula is C63H104O6. The monoisotopic (exact) mass is 957 g/mol. The Balaban J connectivity index is 4.53. The summed E-state index contributed by atoms with van der Waals surface area (Å²) in [7, 11) is 0. The Hall–Kier alpha value is -3.93. The molecule has 0 heterocycles. The van der Waals surface area contributed by atoms with E-state index >= 15 is 0 Å². The standard InChI is InChI=1S/C63H104O6/c1-4-7-10-13-16-19-22-25-28-30-31-33-36-38-41-44-47-50-53-56-62(65)68-59-60(69-63(66)57-54-51-48-45-42-39-34-27-24-21-18-15-12-9-6-3)58-67-61(64)55-52-49-46-43-40-37-35-32-29-26-23-20-17-14-11-8-5-2/h7,10,16,19,21,24-26,28-29,31,33,35,37-38,41,43,46,60H,4-6,8-9,11-15,17-18,20,22-23,27,30,32,34,36,39-40,42,44-45,47-59H2,1-3H3/b10-7-,19-16-,24-21-,28-25-,29-26-,33-31-,37-35-,41-38-,46-43-/t60-/m0/s1. The van der Waals surface area contributed by atoms with Crippen LogP contribution in [-0.2, 0) is 28.6 Å². The van der Waals surface area contributed by atoms with E-state index in [1.807, 2.05) is 0 Å². The van der Waals surface area contributed by atoms with Gasteiger partial charge in [0.2, 0.25) is 0 Å². The minimum Gasteiger partial charge on any atom is -0.462 e. The molecule has 6 nitrogen and oxygen atoms in total. The van der Waals surface area contributed by atoms with Crippen molar-refractivity contribution in [3.05, 3.63) is 109 Å². The third-order valence-corrected chi connectivity index (χ3v) is 11.7. The van der Waals surface area contributed by atoms with Crippen LogP contribution < -0.4 is 0 Å². The maximum Gasteiger partial charge on any atom is 0.306 e. The summed E-state index contributed by atoms with van der Waals surface area (Å²) in [5.41, 5.74) is 0. The number of unbranched alkanes of at least 4 members (excludes halogenated alkanes) is 21.